The highest BCUT2D eigenvalue weighted by Crippen LogP contribution is 2.15. The van der Waals surface area contributed by atoms with E-state index in [-0.39, 0.29) is 0 Å². The summed E-state index contributed by atoms with van der Waals surface area (Å²) in [6, 6.07) is 0. The molecule has 0 saturated carbocycles. The Labute approximate surface area is 185 Å². The summed E-state index contributed by atoms with van der Waals surface area (Å²) in [5.74, 6) is 0.501. The average molecular weight is 409 g/mol. The minimum absolute atomic E-state index is 0.501. The molecule has 0 amide bonds. The number of hydrogen-bond donors (Lipinski definition) is 0. The summed E-state index contributed by atoms with van der Waals surface area (Å²) in [6.45, 7) is 4.49. The third kappa shape index (κ3) is 25.6. The molecule has 0 aliphatic heterocycles. The van der Waals surface area contributed by atoms with E-state index in [0.717, 1.165) is 25.7 Å². The fourth-order valence-electron chi connectivity index (χ4n) is 4.27. The number of hydrogen-bond acceptors (Lipinski definition) is 1. The smallest absolute Gasteiger partial charge is 0.132 e. The first kappa shape index (κ1) is 28.7. The Kier molecular flexibility index (Phi) is 25.4. The molecule has 1 nitrogen and oxygen atoms in total. The molecule has 0 aromatic heterocycles. The maximum absolute atomic E-state index is 11.7. The fraction of sp³-hybridized carbons (Fsp3) is 0.964. The Morgan fingerprint density at radius 3 is 0.862 bits per heavy atom. The van der Waals surface area contributed by atoms with Crippen LogP contribution < -0.4 is 0 Å². The van der Waals surface area contributed by atoms with Crippen molar-refractivity contribution >= 4 is 5.78 Å². The maximum atomic E-state index is 11.7. The molecule has 0 fully saturated rings. The molecule has 0 bridgehead atoms. The Morgan fingerprint density at radius 2 is 0.552 bits per heavy atom. The van der Waals surface area contributed by atoms with Gasteiger partial charge in [-0.05, 0) is 12.8 Å². The van der Waals surface area contributed by atoms with E-state index in [9.17, 15) is 4.79 Å². The zero-order valence-electron chi connectivity index (χ0n) is 20.6. The van der Waals surface area contributed by atoms with Crippen molar-refractivity contribution in [2.45, 2.75) is 174 Å². The van der Waals surface area contributed by atoms with Gasteiger partial charge in [-0.15, -0.1) is 0 Å². The highest BCUT2D eigenvalue weighted by molar-refractivity contribution is 5.78. The van der Waals surface area contributed by atoms with Gasteiger partial charge in [0.05, 0.1) is 0 Å². The second-order valence-corrected chi connectivity index (χ2v) is 9.46. The summed E-state index contributed by atoms with van der Waals surface area (Å²) in [4.78, 5) is 11.7. The Balaban J connectivity index is 3.06. The van der Waals surface area contributed by atoms with Crippen LogP contribution in [-0.2, 0) is 4.79 Å². The summed E-state index contributed by atoms with van der Waals surface area (Å²) in [5, 5.41) is 0. The molecule has 174 valence electrons. The van der Waals surface area contributed by atoms with Crippen molar-refractivity contribution < 1.29 is 4.79 Å². The Bertz CT molecular complexity index is 309. The van der Waals surface area contributed by atoms with Gasteiger partial charge in [-0.1, -0.05) is 149 Å². The number of unbranched alkanes of at least 4 members (excludes halogenated alkanes) is 21. The summed E-state index contributed by atoms with van der Waals surface area (Å²) in [5.41, 5.74) is 0. The third-order valence-corrected chi connectivity index (χ3v) is 6.37. The molecule has 0 atom stereocenters. The SMILES string of the molecule is CCCCCCCCCCCCCCCCCCCCCCC(=O)CCCCC. The van der Waals surface area contributed by atoms with E-state index in [1.165, 1.54) is 135 Å². The van der Waals surface area contributed by atoms with E-state index in [1.807, 2.05) is 0 Å². The van der Waals surface area contributed by atoms with Crippen molar-refractivity contribution in [3.8, 4) is 0 Å². The van der Waals surface area contributed by atoms with Crippen molar-refractivity contribution in [3.63, 3.8) is 0 Å². The summed E-state index contributed by atoms with van der Waals surface area (Å²) < 4.78 is 0. The second-order valence-electron chi connectivity index (χ2n) is 9.46. The average Bonchev–Trinajstić information content (AvgIpc) is 2.72. The molecule has 0 heterocycles. The van der Waals surface area contributed by atoms with Gasteiger partial charge in [0.2, 0.25) is 0 Å². The predicted molar refractivity (Wildman–Crippen MR) is 132 cm³/mol. The molecule has 0 aliphatic carbocycles. The quantitative estimate of drug-likeness (QED) is 0.137. The van der Waals surface area contributed by atoms with Gasteiger partial charge in [0.1, 0.15) is 5.78 Å². The number of Topliss-reactive ketones (excluding diaryl/α,β-unsaturated/α-hetero) is 1. The van der Waals surface area contributed by atoms with Gasteiger partial charge >= 0.3 is 0 Å². The van der Waals surface area contributed by atoms with Gasteiger partial charge in [-0.3, -0.25) is 4.79 Å². The van der Waals surface area contributed by atoms with E-state index in [2.05, 4.69) is 13.8 Å². The largest absolute Gasteiger partial charge is 0.300 e. The lowest BCUT2D eigenvalue weighted by Gasteiger charge is -2.04. The third-order valence-electron chi connectivity index (χ3n) is 6.37. The molecule has 0 spiro atoms. The molecule has 0 unspecified atom stereocenters. The predicted octanol–water partition coefficient (Wildman–Crippen LogP) is 10.3. The van der Waals surface area contributed by atoms with Crippen molar-refractivity contribution in [3.05, 3.63) is 0 Å². The van der Waals surface area contributed by atoms with Gasteiger partial charge in [-0.25, -0.2) is 0 Å². The van der Waals surface area contributed by atoms with Gasteiger partial charge in [0.25, 0.3) is 0 Å². The molecular formula is C28H56O. The zero-order valence-corrected chi connectivity index (χ0v) is 20.6. The Morgan fingerprint density at radius 1 is 0.345 bits per heavy atom. The normalized spacial score (nSPS) is 11.2. The maximum Gasteiger partial charge on any atom is 0.132 e. The molecule has 0 N–H and O–H groups in total. The first-order valence-corrected chi connectivity index (χ1v) is 13.8. The van der Waals surface area contributed by atoms with E-state index in [0.29, 0.717) is 5.78 Å². The molecule has 1 heteroatoms. The van der Waals surface area contributed by atoms with E-state index >= 15 is 0 Å². The zero-order chi connectivity index (χ0) is 21.3. The summed E-state index contributed by atoms with van der Waals surface area (Å²) in [7, 11) is 0. The van der Waals surface area contributed by atoms with Crippen LogP contribution in [0.1, 0.15) is 174 Å². The summed E-state index contributed by atoms with van der Waals surface area (Å²) in [6.07, 6.45) is 33.5. The molecule has 0 aromatic carbocycles. The highest BCUT2D eigenvalue weighted by atomic mass is 16.1. The lowest BCUT2D eigenvalue weighted by molar-refractivity contribution is -0.119. The molecule has 0 aromatic rings. The minimum atomic E-state index is 0.501. The monoisotopic (exact) mass is 408 g/mol. The van der Waals surface area contributed by atoms with Gasteiger partial charge < -0.3 is 0 Å². The first-order valence-electron chi connectivity index (χ1n) is 13.8. The van der Waals surface area contributed by atoms with Crippen LogP contribution in [0.4, 0.5) is 0 Å². The van der Waals surface area contributed by atoms with Crippen LogP contribution >= 0.6 is 0 Å². The van der Waals surface area contributed by atoms with Gasteiger partial charge in [0.15, 0.2) is 0 Å². The van der Waals surface area contributed by atoms with Gasteiger partial charge in [0, 0.05) is 12.8 Å². The first-order chi connectivity index (χ1) is 14.3. The van der Waals surface area contributed by atoms with Crippen LogP contribution in [0, 0.1) is 0 Å². The molecule has 0 aliphatic rings. The van der Waals surface area contributed by atoms with Gasteiger partial charge in [-0.2, -0.15) is 0 Å². The highest BCUT2D eigenvalue weighted by Gasteiger charge is 2.01. The number of ketones is 1. The van der Waals surface area contributed by atoms with Crippen molar-refractivity contribution in [2.24, 2.45) is 0 Å². The van der Waals surface area contributed by atoms with Crippen LogP contribution in [0.3, 0.4) is 0 Å². The summed E-state index contributed by atoms with van der Waals surface area (Å²) >= 11 is 0. The fourth-order valence-corrected chi connectivity index (χ4v) is 4.27. The number of carbonyl (C=O) groups excluding carboxylic acids is 1. The van der Waals surface area contributed by atoms with Crippen molar-refractivity contribution in [2.75, 3.05) is 0 Å². The Hall–Kier alpha value is -0.330. The van der Waals surface area contributed by atoms with Crippen molar-refractivity contribution in [1.82, 2.24) is 0 Å². The lowest BCUT2D eigenvalue weighted by atomic mass is 10.0. The minimum Gasteiger partial charge on any atom is -0.300 e. The van der Waals surface area contributed by atoms with E-state index < -0.39 is 0 Å². The van der Waals surface area contributed by atoms with E-state index in [4.69, 9.17) is 0 Å². The van der Waals surface area contributed by atoms with Crippen LogP contribution in [-0.4, -0.2) is 5.78 Å². The van der Waals surface area contributed by atoms with E-state index in [1.54, 1.807) is 0 Å². The molecule has 0 radical (unpaired) electrons. The molecular weight excluding hydrogens is 352 g/mol. The molecule has 0 rings (SSSR count). The number of rotatable bonds is 25. The van der Waals surface area contributed by atoms with Crippen LogP contribution in [0.25, 0.3) is 0 Å². The van der Waals surface area contributed by atoms with Crippen LogP contribution in [0.5, 0.6) is 0 Å². The topological polar surface area (TPSA) is 17.1 Å². The standard InChI is InChI=1S/C28H56O/c1-3-5-7-8-9-10-11-12-13-14-15-16-17-18-19-20-21-22-23-25-27-28(29)26-24-6-4-2/h3-27H2,1-2H3. The molecule has 0 saturated heterocycles. The lowest BCUT2D eigenvalue weighted by Crippen LogP contribution is -1.97. The van der Waals surface area contributed by atoms with Crippen molar-refractivity contribution in [1.29, 1.82) is 0 Å². The molecule has 29 heavy (non-hydrogen) atoms. The number of carbonyl (C=O) groups is 1. The second kappa shape index (κ2) is 25.7. The van der Waals surface area contributed by atoms with Crippen LogP contribution in [0.15, 0.2) is 0 Å². The van der Waals surface area contributed by atoms with Crippen LogP contribution in [0.2, 0.25) is 0 Å².